The Bertz CT molecular complexity index is 1080. The summed E-state index contributed by atoms with van der Waals surface area (Å²) < 4.78 is 48.9. The summed E-state index contributed by atoms with van der Waals surface area (Å²) in [5, 5.41) is 8.55. The predicted octanol–water partition coefficient (Wildman–Crippen LogP) is 4.31. The number of nitrogens with zero attached hydrogens (tertiary/aromatic N) is 4. The Kier molecular flexibility index (Phi) is 4.06. The molecule has 0 aliphatic carbocycles. The Morgan fingerprint density at radius 3 is 2.59 bits per heavy atom. The number of aryl methyl sites for hydroxylation is 1. The van der Waals surface area contributed by atoms with Crippen LogP contribution < -0.4 is 4.74 Å². The van der Waals surface area contributed by atoms with E-state index >= 15 is 0 Å². The van der Waals surface area contributed by atoms with Gasteiger partial charge in [0, 0.05) is 6.07 Å². The predicted molar refractivity (Wildman–Crippen MR) is 89.4 cm³/mol. The molecule has 2 aromatic heterocycles. The molecule has 9 heteroatoms. The first-order chi connectivity index (χ1) is 12.9. The molecule has 4 aromatic rings. The standard InChI is InChI=1S/C18H13F3N4O2/c1-11-16(9-26-14-6-7-15-17(8-14)27-10-22-15)24-25(23-11)13-4-2-12(3-5-13)18(19,20)21/h2-8,10H,9H2,1H3. The normalized spacial score (nSPS) is 11.9. The third-order valence-corrected chi connectivity index (χ3v) is 3.98. The molecule has 4 rings (SSSR count). The zero-order chi connectivity index (χ0) is 19.0. The monoisotopic (exact) mass is 374 g/mol. The van der Waals surface area contributed by atoms with Gasteiger partial charge in [0.2, 0.25) is 0 Å². The van der Waals surface area contributed by atoms with Gasteiger partial charge in [-0.3, -0.25) is 0 Å². The first-order valence-electron chi connectivity index (χ1n) is 7.97. The van der Waals surface area contributed by atoms with Gasteiger partial charge in [0.1, 0.15) is 23.6 Å². The lowest BCUT2D eigenvalue weighted by atomic mass is 10.2. The van der Waals surface area contributed by atoms with Gasteiger partial charge >= 0.3 is 6.18 Å². The molecular weight excluding hydrogens is 361 g/mol. The molecule has 2 heterocycles. The van der Waals surface area contributed by atoms with Crippen molar-refractivity contribution >= 4 is 11.1 Å². The second-order valence-corrected chi connectivity index (χ2v) is 5.84. The molecule has 0 aliphatic heterocycles. The highest BCUT2D eigenvalue weighted by atomic mass is 19.4. The highest BCUT2D eigenvalue weighted by molar-refractivity contribution is 5.73. The van der Waals surface area contributed by atoms with Gasteiger partial charge in [-0.1, -0.05) is 0 Å². The lowest BCUT2D eigenvalue weighted by molar-refractivity contribution is -0.137. The van der Waals surface area contributed by atoms with Crippen molar-refractivity contribution in [3.05, 3.63) is 65.8 Å². The van der Waals surface area contributed by atoms with E-state index in [0.29, 0.717) is 28.4 Å². The molecule has 0 fully saturated rings. The van der Waals surface area contributed by atoms with Crippen LogP contribution in [0.15, 0.2) is 53.3 Å². The third kappa shape index (κ3) is 3.48. The number of fused-ring (bicyclic) bond motifs is 1. The Morgan fingerprint density at radius 1 is 1.07 bits per heavy atom. The fourth-order valence-electron chi connectivity index (χ4n) is 2.52. The number of alkyl halides is 3. The van der Waals surface area contributed by atoms with Crippen LogP contribution in [-0.4, -0.2) is 20.0 Å². The van der Waals surface area contributed by atoms with Gasteiger partial charge in [-0.05, 0) is 43.3 Å². The van der Waals surface area contributed by atoms with Crippen LogP contribution in [0.2, 0.25) is 0 Å². The van der Waals surface area contributed by atoms with Crippen LogP contribution >= 0.6 is 0 Å². The lowest BCUT2D eigenvalue weighted by Gasteiger charge is -2.07. The largest absolute Gasteiger partial charge is 0.487 e. The molecule has 0 radical (unpaired) electrons. The zero-order valence-electron chi connectivity index (χ0n) is 14.1. The molecule has 0 saturated carbocycles. The van der Waals surface area contributed by atoms with Crippen molar-refractivity contribution in [2.24, 2.45) is 0 Å². The molecular formula is C18H13F3N4O2. The molecule has 0 spiro atoms. The minimum absolute atomic E-state index is 0.159. The number of oxazole rings is 1. The van der Waals surface area contributed by atoms with Crippen molar-refractivity contribution in [2.45, 2.75) is 19.7 Å². The van der Waals surface area contributed by atoms with Gasteiger partial charge in [0.05, 0.1) is 16.9 Å². The van der Waals surface area contributed by atoms with Crippen LogP contribution in [0, 0.1) is 6.92 Å². The maximum absolute atomic E-state index is 12.7. The smallest absolute Gasteiger partial charge is 0.416 e. The van der Waals surface area contributed by atoms with E-state index in [0.717, 1.165) is 17.6 Å². The number of ether oxygens (including phenoxy) is 1. The van der Waals surface area contributed by atoms with E-state index in [1.807, 2.05) is 0 Å². The molecule has 138 valence electrons. The van der Waals surface area contributed by atoms with Crippen molar-refractivity contribution in [3.8, 4) is 11.4 Å². The molecule has 0 unspecified atom stereocenters. The first-order valence-corrected chi connectivity index (χ1v) is 7.97. The molecule has 27 heavy (non-hydrogen) atoms. The second kappa shape index (κ2) is 6.42. The molecule has 0 saturated heterocycles. The van der Waals surface area contributed by atoms with Crippen molar-refractivity contribution in [3.63, 3.8) is 0 Å². The van der Waals surface area contributed by atoms with Gasteiger partial charge in [-0.15, -0.1) is 5.10 Å². The Morgan fingerprint density at radius 2 is 1.85 bits per heavy atom. The topological polar surface area (TPSA) is 66.0 Å². The summed E-state index contributed by atoms with van der Waals surface area (Å²) in [6.07, 6.45) is -3.02. The van der Waals surface area contributed by atoms with Crippen LogP contribution in [0.4, 0.5) is 13.2 Å². The van der Waals surface area contributed by atoms with Crippen molar-refractivity contribution in [2.75, 3.05) is 0 Å². The summed E-state index contributed by atoms with van der Waals surface area (Å²) in [4.78, 5) is 5.32. The van der Waals surface area contributed by atoms with E-state index < -0.39 is 11.7 Å². The molecule has 0 amide bonds. The number of rotatable bonds is 4. The summed E-state index contributed by atoms with van der Waals surface area (Å²) in [5.74, 6) is 0.586. The van der Waals surface area contributed by atoms with Gasteiger partial charge < -0.3 is 9.15 Å². The molecule has 0 bridgehead atoms. The quantitative estimate of drug-likeness (QED) is 0.532. The van der Waals surface area contributed by atoms with E-state index in [-0.39, 0.29) is 6.61 Å². The number of hydrogen-bond acceptors (Lipinski definition) is 5. The van der Waals surface area contributed by atoms with Crippen molar-refractivity contribution in [1.82, 2.24) is 20.0 Å². The maximum Gasteiger partial charge on any atom is 0.416 e. The molecule has 6 nitrogen and oxygen atoms in total. The van der Waals surface area contributed by atoms with Crippen LogP contribution in [0.1, 0.15) is 17.0 Å². The highest BCUT2D eigenvalue weighted by Gasteiger charge is 2.30. The second-order valence-electron chi connectivity index (χ2n) is 5.84. The van der Waals surface area contributed by atoms with Crippen LogP contribution in [-0.2, 0) is 12.8 Å². The fourth-order valence-corrected chi connectivity index (χ4v) is 2.52. The van der Waals surface area contributed by atoms with E-state index in [2.05, 4.69) is 15.2 Å². The van der Waals surface area contributed by atoms with E-state index in [4.69, 9.17) is 9.15 Å². The first kappa shape index (κ1) is 17.1. The lowest BCUT2D eigenvalue weighted by Crippen LogP contribution is -2.06. The number of benzene rings is 2. The van der Waals surface area contributed by atoms with Crippen LogP contribution in [0.3, 0.4) is 0 Å². The summed E-state index contributed by atoms with van der Waals surface area (Å²) in [5.41, 5.74) is 2.24. The Labute approximate surface area is 151 Å². The minimum atomic E-state index is -4.38. The SMILES string of the molecule is Cc1nn(-c2ccc(C(F)(F)F)cc2)nc1COc1ccc2ncoc2c1. The molecule has 2 aromatic carbocycles. The van der Waals surface area contributed by atoms with Gasteiger partial charge in [-0.2, -0.15) is 23.1 Å². The van der Waals surface area contributed by atoms with E-state index in [1.54, 1.807) is 25.1 Å². The number of aromatic nitrogens is 4. The van der Waals surface area contributed by atoms with Crippen molar-refractivity contribution < 1.29 is 22.3 Å². The average Bonchev–Trinajstić information content (AvgIpc) is 3.25. The van der Waals surface area contributed by atoms with Gasteiger partial charge in [0.15, 0.2) is 12.0 Å². The molecule has 0 aliphatic rings. The molecule has 0 N–H and O–H groups in total. The van der Waals surface area contributed by atoms with Crippen LogP contribution in [0.25, 0.3) is 16.8 Å². The summed E-state index contributed by atoms with van der Waals surface area (Å²) >= 11 is 0. The Hall–Kier alpha value is -3.36. The zero-order valence-corrected chi connectivity index (χ0v) is 14.1. The van der Waals surface area contributed by atoms with Crippen molar-refractivity contribution in [1.29, 1.82) is 0 Å². The van der Waals surface area contributed by atoms with E-state index in [1.165, 1.54) is 23.3 Å². The fraction of sp³-hybridized carbons (Fsp3) is 0.167. The van der Waals surface area contributed by atoms with E-state index in [9.17, 15) is 13.2 Å². The average molecular weight is 374 g/mol. The summed E-state index contributed by atoms with van der Waals surface area (Å²) in [6.45, 7) is 1.91. The number of halogens is 3. The maximum atomic E-state index is 12.7. The van der Waals surface area contributed by atoms with Gasteiger partial charge in [-0.25, -0.2) is 4.98 Å². The number of hydrogen-bond donors (Lipinski definition) is 0. The molecule has 0 atom stereocenters. The van der Waals surface area contributed by atoms with Crippen LogP contribution in [0.5, 0.6) is 5.75 Å². The third-order valence-electron chi connectivity index (χ3n) is 3.98. The summed E-state index contributed by atoms with van der Waals surface area (Å²) in [6, 6.07) is 9.90. The summed E-state index contributed by atoms with van der Waals surface area (Å²) in [7, 11) is 0. The highest BCUT2D eigenvalue weighted by Crippen LogP contribution is 2.29. The Balaban J connectivity index is 1.51. The van der Waals surface area contributed by atoms with Gasteiger partial charge in [0.25, 0.3) is 0 Å². The minimum Gasteiger partial charge on any atom is -0.487 e.